The largest absolute Gasteiger partial charge is 0.380 e. The van der Waals surface area contributed by atoms with E-state index >= 15 is 0 Å². The minimum absolute atomic E-state index is 0.0234. The van der Waals surface area contributed by atoms with Crippen LogP contribution in [0.25, 0.3) is 0 Å². The average Bonchev–Trinajstić information content (AvgIpc) is 2.99. The van der Waals surface area contributed by atoms with Crippen LogP contribution in [0.15, 0.2) is 0 Å². The predicted octanol–water partition coefficient (Wildman–Crippen LogP) is 1.74. The van der Waals surface area contributed by atoms with E-state index in [1.165, 1.54) is 4.67 Å². The van der Waals surface area contributed by atoms with Crippen molar-refractivity contribution in [1.82, 2.24) is 9.34 Å². The normalized spacial score (nSPS) is 27.0. The summed E-state index contributed by atoms with van der Waals surface area (Å²) in [5.74, 6) is -1.66. The number of carbonyl (C=O) groups excluding carboxylic acids is 2. The first kappa shape index (κ1) is 19.0. The molecule has 0 aromatic rings. The van der Waals surface area contributed by atoms with Gasteiger partial charge in [0.2, 0.25) is 11.8 Å². The Balaban J connectivity index is 2.13. The number of rotatable bonds is 7. The minimum Gasteiger partial charge on any atom is -0.348 e. The maximum Gasteiger partial charge on any atom is 0.380 e. The van der Waals surface area contributed by atoms with Crippen molar-refractivity contribution in [3.8, 4) is 0 Å². The number of alkyl halides is 1. The minimum atomic E-state index is -3.78. The number of halogens is 1. The smallest absolute Gasteiger partial charge is 0.348 e. The highest BCUT2D eigenvalue weighted by atomic mass is 79.9. The zero-order valence-electron chi connectivity index (χ0n) is 13.5. The Hall–Kier alpha value is -0.310. The Bertz CT molecular complexity index is 513. The second kappa shape index (κ2) is 7.29. The van der Waals surface area contributed by atoms with Gasteiger partial charge in [0, 0.05) is 24.7 Å². The molecule has 2 rings (SSSR count). The summed E-state index contributed by atoms with van der Waals surface area (Å²) in [4.78, 5) is 24.0. The van der Waals surface area contributed by atoms with Gasteiger partial charge in [-0.3, -0.25) is 14.1 Å². The molecule has 0 aromatic heterocycles. The Morgan fingerprint density at radius 3 is 2.48 bits per heavy atom. The van der Waals surface area contributed by atoms with Crippen molar-refractivity contribution in [1.29, 1.82) is 0 Å². The molecule has 2 fully saturated rings. The first-order valence-corrected chi connectivity index (χ1v) is 10.0. The zero-order chi connectivity index (χ0) is 17.3. The molecule has 0 bridgehead atoms. The average molecular weight is 413 g/mol. The van der Waals surface area contributed by atoms with Crippen LogP contribution in [0.1, 0.15) is 26.7 Å². The van der Waals surface area contributed by atoms with Crippen LogP contribution in [0, 0.1) is 0 Å². The molecule has 0 radical (unpaired) electrons. The molecule has 0 saturated carbocycles. The van der Waals surface area contributed by atoms with Gasteiger partial charge in [0.1, 0.15) is 6.10 Å². The fourth-order valence-electron chi connectivity index (χ4n) is 2.43. The van der Waals surface area contributed by atoms with Crippen molar-refractivity contribution in [2.75, 3.05) is 32.1 Å². The molecule has 0 aliphatic carbocycles. The number of amides is 2. The van der Waals surface area contributed by atoms with Crippen molar-refractivity contribution in [3.05, 3.63) is 0 Å². The number of hydrogen-bond acceptors (Lipinski definition) is 6. The van der Waals surface area contributed by atoms with E-state index in [0.717, 1.165) is 4.67 Å². The summed E-state index contributed by atoms with van der Waals surface area (Å²) >= 11 is 3.26. The van der Waals surface area contributed by atoms with E-state index in [0.29, 0.717) is 18.5 Å². The third kappa shape index (κ3) is 4.21. The second-order valence-corrected chi connectivity index (χ2v) is 9.02. The Morgan fingerprint density at radius 2 is 2.00 bits per heavy atom. The topological polar surface area (TPSA) is 85.4 Å². The van der Waals surface area contributed by atoms with Crippen LogP contribution in [0.3, 0.4) is 0 Å². The molecule has 2 atom stereocenters. The summed E-state index contributed by atoms with van der Waals surface area (Å²) in [6.45, 7) is 4.19. The van der Waals surface area contributed by atoms with E-state index in [1.807, 2.05) is 0 Å². The molecule has 2 heterocycles. The van der Waals surface area contributed by atoms with Crippen LogP contribution in [0.4, 0.5) is 0 Å². The lowest BCUT2D eigenvalue weighted by Crippen LogP contribution is -2.36. The van der Waals surface area contributed by atoms with Gasteiger partial charge in [0.15, 0.2) is 5.79 Å². The van der Waals surface area contributed by atoms with Crippen molar-refractivity contribution < 1.29 is 28.2 Å². The first-order chi connectivity index (χ1) is 10.7. The van der Waals surface area contributed by atoms with Crippen LogP contribution in [0.2, 0.25) is 0 Å². The third-order valence-corrected chi connectivity index (χ3v) is 6.47. The lowest BCUT2D eigenvalue weighted by atomic mass is 10.4. The Labute approximate surface area is 144 Å². The summed E-state index contributed by atoms with van der Waals surface area (Å²) in [6.07, 6.45) is -0.280. The SMILES string of the molecule is CN(CCBr)P(=O)(OCC1COC(C)(C)O1)N1C(=O)CCC1=O. The quantitative estimate of drug-likeness (QED) is 0.357. The summed E-state index contributed by atoms with van der Waals surface area (Å²) in [6, 6.07) is 0. The van der Waals surface area contributed by atoms with E-state index in [4.69, 9.17) is 14.0 Å². The number of imide groups is 1. The lowest BCUT2D eigenvalue weighted by Gasteiger charge is -2.33. The fraction of sp³-hybridized carbons (Fsp3) is 0.846. The third-order valence-electron chi connectivity index (χ3n) is 3.61. The van der Waals surface area contributed by atoms with Crippen LogP contribution in [-0.2, 0) is 28.2 Å². The Kier molecular flexibility index (Phi) is 6.03. The van der Waals surface area contributed by atoms with Crippen LogP contribution in [0.5, 0.6) is 0 Å². The van der Waals surface area contributed by atoms with Gasteiger partial charge in [0.05, 0.1) is 13.2 Å². The van der Waals surface area contributed by atoms with E-state index < -0.39 is 31.4 Å². The maximum absolute atomic E-state index is 13.3. The predicted molar refractivity (Wildman–Crippen MR) is 86.0 cm³/mol. The fourth-order valence-corrected chi connectivity index (χ4v) is 5.33. The lowest BCUT2D eigenvalue weighted by molar-refractivity contribution is -0.142. The summed E-state index contributed by atoms with van der Waals surface area (Å²) < 4.78 is 32.1. The molecule has 2 saturated heterocycles. The van der Waals surface area contributed by atoms with Crippen LogP contribution in [-0.4, -0.2) is 65.2 Å². The van der Waals surface area contributed by atoms with E-state index in [9.17, 15) is 14.2 Å². The van der Waals surface area contributed by atoms with Crippen molar-refractivity contribution in [2.45, 2.75) is 38.6 Å². The van der Waals surface area contributed by atoms with Gasteiger partial charge < -0.3 is 9.47 Å². The summed E-state index contributed by atoms with van der Waals surface area (Å²) in [5, 5.41) is 0.531. The molecule has 2 unspecified atom stereocenters. The molecule has 0 N–H and O–H groups in total. The van der Waals surface area contributed by atoms with Gasteiger partial charge in [-0.2, -0.15) is 4.67 Å². The highest BCUT2D eigenvalue weighted by Gasteiger charge is 2.48. The maximum atomic E-state index is 13.3. The highest BCUT2D eigenvalue weighted by molar-refractivity contribution is 9.09. The standard InChI is InChI=1S/C13H22BrN2O6P/c1-13(2)20-8-10(22-13)9-21-23(19,15(3)7-6-14)16-11(17)4-5-12(16)18/h10H,4-9H2,1-3H3. The van der Waals surface area contributed by atoms with Gasteiger partial charge in [-0.05, 0) is 20.9 Å². The molecule has 0 spiro atoms. The van der Waals surface area contributed by atoms with Gasteiger partial charge in [0.25, 0.3) is 0 Å². The van der Waals surface area contributed by atoms with Gasteiger partial charge >= 0.3 is 7.67 Å². The summed E-state index contributed by atoms with van der Waals surface area (Å²) in [5.41, 5.74) is 0. The van der Waals surface area contributed by atoms with Crippen molar-refractivity contribution in [2.24, 2.45) is 0 Å². The van der Waals surface area contributed by atoms with Gasteiger partial charge in [-0.1, -0.05) is 15.9 Å². The molecule has 2 amide bonds. The van der Waals surface area contributed by atoms with E-state index in [1.54, 1.807) is 20.9 Å². The van der Waals surface area contributed by atoms with Crippen LogP contribution >= 0.6 is 23.6 Å². The molecule has 10 heteroatoms. The van der Waals surface area contributed by atoms with E-state index in [2.05, 4.69) is 15.9 Å². The number of hydrogen-bond donors (Lipinski definition) is 0. The zero-order valence-corrected chi connectivity index (χ0v) is 16.0. The monoisotopic (exact) mass is 412 g/mol. The van der Waals surface area contributed by atoms with Crippen molar-refractivity contribution in [3.63, 3.8) is 0 Å². The molecule has 8 nitrogen and oxygen atoms in total. The highest BCUT2D eigenvalue weighted by Crippen LogP contribution is 2.55. The van der Waals surface area contributed by atoms with E-state index in [-0.39, 0.29) is 19.4 Å². The molecule has 0 aromatic carbocycles. The number of nitrogens with zero attached hydrogens (tertiary/aromatic N) is 2. The Morgan fingerprint density at radius 1 is 1.39 bits per heavy atom. The van der Waals surface area contributed by atoms with Gasteiger partial charge in [-0.15, -0.1) is 0 Å². The molecule has 132 valence electrons. The summed E-state index contributed by atoms with van der Waals surface area (Å²) in [7, 11) is -2.21. The second-order valence-electron chi connectivity index (χ2n) is 5.91. The molecular formula is C13H22BrN2O6P. The molecule has 23 heavy (non-hydrogen) atoms. The number of ether oxygens (including phenoxy) is 2. The molecule has 2 aliphatic rings. The van der Waals surface area contributed by atoms with Crippen LogP contribution < -0.4 is 0 Å². The first-order valence-electron chi connectivity index (χ1n) is 7.40. The molecular weight excluding hydrogens is 391 g/mol. The number of carbonyl (C=O) groups is 2. The molecule has 2 aliphatic heterocycles. The van der Waals surface area contributed by atoms with Crippen molar-refractivity contribution >= 4 is 35.4 Å². The van der Waals surface area contributed by atoms with Gasteiger partial charge in [-0.25, -0.2) is 9.24 Å².